The number of benzene rings is 1. The summed E-state index contributed by atoms with van der Waals surface area (Å²) in [6.07, 6.45) is 4.48. The van der Waals surface area contributed by atoms with Crippen LogP contribution >= 0.6 is 12.2 Å². The lowest BCUT2D eigenvalue weighted by Gasteiger charge is -1.94. The van der Waals surface area contributed by atoms with Crippen LogP contribution < -0.4 is 0 Å². The van der Waals surface area contributed by atoms with E-state index in [2.05, 4.69) is 10.1 Å². The van der Waals surface area contributed by atoms with E-state index < -0.39 is 0 Å². The van der Waals surface area contributed by atoms with E-state index in [1.54, 1.807) is 18.3 Å². The van der Waals surface area contributed by atoms with Crippen LogP contribution in [-0.4, -0.2) is 20.5 Å². The minimum absolute atomic E-state index is 0.0721. The zero-order valence-corrected chi connectivity index (χ0v) is 9.15. The van der Waals surface area contributed by atoms with Gasteiger partial charge >= 0.3 is 0 Å². The van der Waals surface area contributed by atoms with E-state index in [1.165, 1.54) is 17.1 Å². The highest BCUT2D eigenvalue weighted by Crippen LogP contribution is 2.01. The Balaban J connectivity index is 2.18. The second-order valence-corrected chi connectivity index (χ2v) is 3.45. The molecule has 0 aliphatic rings. The summed E-state index contributed by atoms with van der Waals surface area (Å²) in [5, 5.41) is 2.77. The molecule has 1 N–H and O–H groups in total. The maximum Gasteiger partial charge on any atom is 0.220 e. The average Bonchev–Trinajstić information content (AvgIpc) is 2.73. The first-order valence-corrected chi connectivity index (χ1v) is 5.08. The zero-order chi connectivity index (χ0) is 11.4. The van der Waals surface area contributed by atoms with Gasteiger partial charge in [-0.3, -0.25) is 9.89 Å². The van der Waals surface area contributed by atoms with Gasteiger partial charge in [-0.1, -0.05) is 30.3 Å². The number of carbonyl (C=O) groups is 1. The monoisotopic (exact) mass is 231 g/mol. The first-order valence-electron chi connectivity index (χ1n) is 4.67. The number of aromatic amines is 1. The predicted molar refractivity (Wildman–Crippen MR) is 63.5 cm³/mol. The molecule has 0 fully saturated rings. The maximum absolute atomic E-state index is 11.7. The minimum Gasteiger partial charge on any atom is -0.289 e. The van der Waals surface area contributed by atoms with E-state index >= 15 is 0 Å². The molecule has 0 atom stereocenters. The molecule has 0 spiro atoms. The van der Waals surface area contributed by atoms with Crippen molar-refractivity contribution < 1.29 is 4.79 Å². The first kappa shape index (κ1) is 10.5. The molecule has 1 aromatic carbocycles. The van der Waals surface area contributed by atoms with E-state index in [4.69, 9.17) is 12.2 Å². The Morgan fingerprint density at radius 1 is 1.38 bits per heavy atom. The van der Waals surface area contributed by atoms with Crippen LogP contribution in [0, 0.1) is 4.77 Å². The zero-order valence-electron chi connectivity index (χ0n) is 8.33. The van der Waals surface area contributed by atoms with Crippen molar-refractivity contribution in [3.8, 4) is 0 Å². The smallest absolute Gasteiger partial charge is 0.220 e. The van der Waals surface area contributed by atoms with Crippen LogP contribution in [0.4, 0.5) is 0 Å². The highest BCUT2D eigenvalue weighted by molar-refractivity contribution is 7.71. The van der Waals surface area contributed by atoms with Gasteiger partial charge in [0.1, 0.15) is 6.33 Å². The quantitative estimate of drug-likeness (QED) is 0.501. The topological polar surface area (TPSA) is 50.7 Å². The Labute approximate surface area is 97.2 Å². The van der Waals surface area contributed by atoms with Gasteiger partial charge in [0.05, 0.1) is 0 Å². The van der Waals surface area contributed by atoms with E-state index in [9.17, 15) is 4.79 Å². The Kier molecular flexibility index (Phi) is 3.07. The molecule has 80 valence electrons. The third-order valence-electron chi connectivity index (χ3n) is 2.01. The van der Waals surface area contributed by atoms with Crippen molar-refractivity contribution in [1.82, 2.24) is 14.8 Å². The van der Waals surface area contributed by atoms with Crippen LogP contribution in [0.1, 0.15) is 10.4 Å². The van der Waals surface area contributed by atoms with Crippen molar-refractivity contribution in [2.75, 3.05) is 0 Å². The molecule has 0 saturated heterocycles. The fraction of sp³-hybridized carbons (Fsp3) is 0. The maximum atomic E-state index is 11.7. The molecule has 2 aromatic rings. The molecule has 0 unspecified atom stereocenters. The molecule has 16 heavy (non-hydrogen) atoms. The molecule has 0 aliphatic carbocycles. The number of nitrogens with zero attached hydrogens (tertiary/aromatic N) is 2. The molecule has 0 amide bonds. The number of carbonyl (C=O) groups excluding carboxylic acids is 1. The summed E-state index contributed by atoms with van der Waals surface area (Å²) in [5.74, 6) is -0.0721. The number of hydrogen-bond donors (Lipinski definition) is 1. The Morgan fingerprint density at radius 3 is 2.75 bits per heavy atom. The van der Waals surface area contributed by atoms with Crippen molar-refractivity contribution in [1.29, 1.82) is 0 Å². The third kappa shape index (κ3) is 2.32. The molecule has 0 radical (unpaired) electrons. The second kappa shape index (κ2) is 4.67. The standard InChI is InChI=1S/C11H9N3OS/c15-10(9-4-2-1-3-5-9)6-7-14-11(16)12-8-13-14/h1-8H,(H,12,13,16)/b7-6+. The van der Waals surface area contributed by atoms with E-state index in [-0.39, 0.29) is 5.78 Å². The van der Waals surface area contributed by atoms with Crippen LogP contribution in [0.25, 0.3) is 6.20 Å². The van der Waals surface area contributed by atoms with Crippen molar-refractivity contribution >= 4 is 24.2 Å². The van der Waals surface area contributed by atoms with Crippen molar-refractivity contribution in [2.45, 2.75) is 0 Å². The van der Waals surface area contributed by atoms with Crippen molar-refractivity contribution in [2.24, 2.45) is 0 Å². The molecule has 1 aromatic heterocycles. The van der Waals surface area contributed by atoms with E-state index in [1.807, 2.05) is 18.2 Å². The summed E-state index contributed by atoms with van der Waals surface area (Å²) in [4.78, 5) is 15.5. The molecule has 2 rings (SSSR count). The third-order valence-corrected chi connectivity index (χ3v) is 2.31. The molecule has 5 heteroatoms. The summed E-state index contributed by atoms with van der Waals surface area (Å²) in [5.41, 5.74) is 0.643. The van der Waals surface area contributed by atoms with Gasteiger partial charge in [-0.25, -0.2) is 9.67 Å². The molecule has 1 heterocycles. The van der Waals surface area contributed by atoms with Gasteiger partial charge in [-0.2, -0.15) is 0 Å². The lowest BCUT2D eigenvalue weighted by atomic mass is 10.1. The molecular formula is C11H9N3OS. The normalized spacial score (nSPS) is 10.8. The number of rotatable bonds is 3. The number of aromatic nitrogens is 3. The van der Waals surface area contributed by atoms with E-state index in [0.29, 0.717) is 10.3 Å². The Bertz CT molecular complexity index is 568. The number of hydrogen-bond acceptors (Lipinski definition) is 3. The molecule has 4 nitrogen and oxygen atoms in total. The fourth-order valence-electron chi connectivity index (χ4n) is 1.21. The van der Waals surface area contributed by atoms with Gasteiger partial charge in [-0.05, 0) is 12.2 Å². The SMILES string of the molecule is O=C(/C=C/n1[nH]cnc1=S)c1ccccc1. The molecule has 0 bridgehead atoms. The van der Waals surface area contributed by atoms with Crippen LogP contribution in [0.2, 0.25) is 0 Å². The lowest BCUT2D eigenvalue weighted by molar-refractivity contribution is 0.104. The highest BCUT2D eigenvalue weighted by atomic mass is 32.1. The molecule has 0 aliphatic heterocycles. The largest absolute Gasteiger partial charge is 0.289 e. The van der Waals surface area contributed by atoms with E-state index in [0.717, 1.165) is 0 Å². The summed E-state index contributed by atoms with van der Waals surface area (Å²) in [6.45, 7) is 0. The van der Waals surface area contributed by atoms with Gasteiger partial charge in [-0.15, -0.1) is 0 Å². The highest BCUT2D eigenvalue weighted by Gasteiger charge is 1.99. The summed E-state index contributed by atoms with van der Waals surface area (Å²) in [7, 11) is 0. The Morgan fingerprint density at radius 2 is 2.12 bits per heavy atom. The minimum atomic E-state index is -0.0721. The van der Waals surface area contributed by atoms with Crippen LogP contribution in [0.15, 0.2) is 42.7 Å². The van der Waals surface area contributed by atoms with Gasteiger partial charge in [0, 0.05) is 17.8 Å². The fourth-order valence-corrected chi connectivity index (χ4v) is 1.38. The number of nitrogens with one attached hydrogen (secondary N) is 1. The second-order valence-electron chi connectivity index (χ2n) is 3.09. The predicted octanol–water partition coefficient (Wildman–Crippen LogP) is 2.29. The average molecular weight is 231 g/mol. The van der Waals surface area contributed by atoms with Crippen molar-refractivity contribution in [3.05, 3.63) is 53.1 Å². The van der Waals surface area contributed by atoms with Gasteiger partial charge in [0.15, 0.2) is 5.78 Å². The lowest BCUT2D eigenvalue weighted by Crippen LogP contribution is -1.95. The van der Waals surface area contributed by atoms with Gasteiger partial charge in [0.2, 0.25) is 4.77 Å². The number of ketones is 1. The van der Waals surface area contributed by atoms with Crippen LogP contribution in [0.5, 0.6) is 0 Å². The van der Waals surface area contributed by atoms with Crippen LogP contribution in [0.3, 0.4) is 0 Å². The summed E-state index contributed by atoms with van der Waals surface area (Å²) in [6, 6.07) is 9.04. The first-order chi connectivity index (χ1) is 7.77. The number of H-pyrrole nitrogens is 1. The molecular weight excluding hydrogens is 222 g/mol. The van der Waals surface area contributed by atoms with Gasteiger partial charge in [0.25, 0.3) is 0 Å². The Hall–Kier alpha value is -2.01. The molecule has 0 saturated carbocycles. The summed E-state index contributed by atoms with van der Waals surface area (Å²) < 4.78 is 1.88. The van der Waals surface area contributed by atoms with Gasteiger partial charge < -0.3 is 0 Å². The number of allylic oxidation sites excluding steroid dienone is 1. The van der Waals surface area contributed by atoms with Crippen molar-refractivity contribution in [3.63, 3.8) is 0 Å². The van der Waals surface area contributed by atoms with Crippen LogP contribution in [-0.2, 0) is 0 Å². The summed E-state index contributed by atoms with van der Waals surface area (Å²) >= 11 is 4.91.